The van der Waals surface area contributed by atoms with Gasteiger partial charge in [0.15, 0.2) is 0 Å². The maximum absolute atomic E-state index is 3.54. The van der Waals surface area contributed by atoms with Crippen molar-refractivity contribution in [3.8, 4) is 0 Å². The molecule has 0 aromatic carbocycles. The molecule has 1 aliphatic carbocycles. The van der Waals surface area contributed by atoms with E-state index in [-0.39, 0.29) is 0 Å². The highest BCUT2D eigenvalue weighted by Crippen LogP contribution is 2.30. The second kappa shape index (κ2) is 6.75. The Morgan fingerprint density at radius 3 is 2.65 bits per heavy atom. The molecule has 0 bridgehead atoms. The molecule has 0 radical (unpaired) electrons. The average molecular weight is 238 g/mol. The van der Waals surface area contributed by atoms with Gasteiger partial charge in [0.2, 0.25) is 0 Å². The van der Waals surface area contributed by atoms with Crippen molar-refractivity contribution in [3.63, 3.8) is 0 Å². The third kappa shape index (κ3) is 3.69. The van der Waals surface area contributed by atoms with E-state index >= 15 is 0 Å². The molecule has 3 atom stereocenters. The number of nitrogens with one attached hydrogen (secondary N) is 1. The van der Waals surface area contributed by atoms with Crippen LogP contribution in [-0.2, 0) is 0 Å². The molecular weight excluding hydrogens is 208 g/mol. The molecule has 1 N–H and O–H groups in total. The molecule has 1 aliphatic heterocycles. The van der Waals surface area contributed by atoms with Gasteiger partial charge in [-0.2, -0.15) is 0 Å². The Balaban J connectivity index is 1.82. The fraction of sp³-hybridized carbons (Fsp3) is 1.00. The summed E-state index contributed by atoms with van der Waals surface area (Å²) in [5.74, 6) is 1.86. The Morgan fingerprint density at radius 2 is 1.94 bits per heavy atom. The van der Waals surface area contributed by atoms with E-state index in [4.69, 9.17) is 0 Å². The lowest BCUT2D eigenvalue weighted by atomic mass is 9.81. The third-order valence-electron chi connectivity index (χ3n) is 4.90. The highest BCUT2D eigenvalue weighted by molar-refractivity contribution is 4.83. The van der Waals surface area contributed by atoms with Crippen molar-refractivity contribution in [2.24, 2.45) is 11.8 Å². The van der Waals surface area contributed by atoms with E-state index in [9.17, 15) is 0 Å². The number of nitrogens with zero attached hydrogens (tertiary/aromatic N) is 1. The first kappa shape index (κ1) is 13.4. The van der Waals surface area contributed by atoms with Crippen LogP contribution in [0.25, 0.3) is 0 Å². The van der Waals surface area contributed by atoms with Crippen LogP contribution in [0.2, 0.25) is 0 Å². The van der Waals surface area contributed by atoms with Gasteiger partial charge in [0, 0.05) is 12.6 Å². The monoisotopic (exact) mass is 238 g/mol. The summed E-state index contributed by atoms with van der Waals surface area (Å²) in [7, 11) is 2.37. The predicted molar refractivity (Wildman–Crippen MR) is 74.3 cm³/mol. The SMILES string of the molecule is CCC1CCCCC1N(C)CC1CCCNC1. The highest BCUT2D eigenvalue weighted by atomic mass is 15.1. The second-order valence-corrected chi connectivity index (χ2v) is 6.17. The second-order valence-electron chi connectivity index (χ2n) is 6.17. The van der Waals surface area contributed by atoms with Crippen molar-refractivity contribution in [1.29, 1.82) is 0 Å². The van der Waals surface area contributed by atoms with E-state index in [2.05, 4.69) is 24.2 Å². The smallest absolute Gasteiger partial charge is 0.0120 e. The Kier molecular flexibility index (Phi) is 5.30. The first-order valence-electron chi connectivity index (χ1n) is 7.72. The van der Waals surface area contributed by atoms with Gasteiger partial charge in [-0.1, -0.05) is 26.2 Å². The molecule has 2 rings (SSSR count). The van der Waals surface area contributed by atoms with Gasteiger partial charge < -0.3 is 10.2 Å². The molecule has 17 heavy (non-hydrogen) atoms. The van der Waals surface area contributed by atoms with Gasteiger partial charge in [-0.3, -0.25) is 0 Å². The molecule has 2 aliphatic rings. The maximum atomic E-state index is 3.54. The number of hydrogen-bond donors (Lipinski definition) is 1. The van der Waals surface area contributed by atoms with Crippen molar-refractivity contribution in [2.75, 3.05) is 26.7 Å². The van der Waals surface area contributed by atoms with Gasteiger partial charge in [-0.05, 0) is 57.7 Å². The normalized spacial score (nSPS) is 35.1. The molecule has 1 saturated heterocycles. The van der Waals surface area contributed by atoms with Crippen molar-refractivity contribution < 1.29 is 0 Å². The molecule has 0 spiro atoms. The highest BCUT2D eigenvalue weighted by Gasteiger charge is 2.28. The largest absolute Gasteiger partial charge is 0.316 e. The zero-order valence-electron chi connectivity index (χ0n) is 11.8. The minimum absolute atomic E-state index is 0.871. The van der Waals surface area contributed by atoms with E-state index in [0.29, 0.717) is 0 Å². The van der Waals surface area contributed by atoms with E-state index < -0.39 is 0 Å². The van der Waals surface area contributed by atoms with E-state index in [0.717, 1.165) is 17.9 Å². The van der Waals surface area contributed by atoms with Gasteiger partial charge in [0.25, 0.3) is 0 Å². The number of hydrogen-bond acceptors (Lipinski definition) is 2. The summed E-state index contributed by atoms with van der Waals surface area (Å²) in [6.07, 6.45) is 10.0. The van der Waals surface area contributed by atoms with Crippen LogP contribution in [0.5, 0.6) is 0 Å². The lowest BCUT2D eigenvalue weighted by molar-refractivity contribution is 0.105. The molecule has 1 heterocycles. The summed E-state index contributed by atoms with van der Waals surface area (Å²) < 4.78 is 0. The Morgan fingerprint density at radius 1 is 1.12 bits per heavy atom. The number of piperidine rings is 1. The topological polar surface area (TPSA) is 15.3 Å². The summed E-state index contributed by atoms with van der Waals surface area (Å²) >= 11 is 0. The van der Waals surface area contributed by atoms with Crippen LogP contribution in [0.15, 0.2) is 0 Å². The quantitative estimate of drug-likeness (QED) is 0.810. The van der Waals surface area contributed by atoms with E-state index in [1.165, 1.54) is 64.6 Å². The van der Waals surface area contributed by atoms with Crippen molar-refractivity contribution in [2.45, 2.75) is 57.9 Å². The fourth-order valence-corrected chi connectivity index (χ4v) is 3.87. The van der Waals surface area contributed by atoms with Crippen molar-refractivity contribution >= 4 is 0 Å². The molecule has 2 nitrogen and oxygen atoms in total. The Labute approximate surface area is 107 Å². The lowest BCUT2D eigenvalue weighted by Crippen LogP contribution is -2.44. The van der Waals surface area contributed by atoms with Gasteiger partial charge in [0.1, 0.15) is 0 Å². The van der Waals surface area contributed by atoms with Gasteiger partial charge in [0.05, 0.1) is 0 Å². The van der Waals surface area contributed by atoms with Gasteiger partial charge >= 0.3 is 0 Å². The molecule has 2 heteroatoms. The summed E-state index contributed by atoms with van der Waals surface area (Å²) in [5, 5.41) is 3.54. The molecular formula is C15H30N2. The molecule has 0 aromatic heterocycles. The van der Waals surface area contributed by atoms with Crippen LogP contribution in [0.3, 0.4) is 0 Å². The first-order valence-corrected chi connectivity index (χ1v) is 7.72. The maximum Gasteiger partial charge on any atom is 0.0120 e. The minimum atomic E-state index is 0.871. The number of rotatable bonds is 4. The van der Waals surface area contributed by atoms with Crippen molar-refractivity contribution in [1.82, 2.24) is 10.2 Å². The van der Waals surface area contributed by atoms with Crippen LogP contribution >= 0.6 is 0 Å². The third-order valence-corrected chi connectivity index (χ3v) is 4.90. The van der Waals surface area contributed by atoms with Gasteiger partial charge in [-0.15, -0.1) is 0 Å². The predicted octanol–water partition coefficient (Wildman–Crippen LogP) is 2.89. The zero-order chi connectivity index (χ0) is 12.1. The molecule has 0 amide bonds. The molecule has 1 saturated carbocycles. The van der Waals surface area contributed by atoms with Crippen molar-refractivity contribution in [3.05, 3.63) is 0 Å². The zero-order valence-corrected chi connectivity index (χ0v) is 11.8. The van der Waals surface area contributed by atoms with E-state index in [1.807, 2.05) is 0 Å². The molecule has 3 unspecified atom stereocenters. The summed E-state index contributed by atoms with van der Waals surface area (Å²) in [6.45, 7) is 6.17. The molecule has 2 fully saturated rings. The standard InChI is InChI=1S/C15H30N2/c1-3-14-8-4-5-9-15(14)17(2)12-13-7-6-10-16-11-13/h13-16H,3-12H2,1-2H3. The summed E-state index contributed by atoms with van der Waals surface area (Å²) in [6, 6.07) is 0.871. The lowest BCUT2D eigenvalue weighted by Gasteiger charge is -2.40. The van der Waals surface area contributed by atoms with Crippen LogP contribution in [-0.4, -0.2) is 37.6 Å². The van der Waals surface area contributed by atoms with Gasteiger partial charge in [-0.25, -0.2) is 0 Å². The van der Waals surface area contributed by atoms with Crippen LogP contribution < -0.4 is 5.32 Å². The van der Waals surface area contributed by atoms with Crippen LogP contribution in [0.4, 0.5) is 0 Å². The summed E-state index contributed by atoms with van der Waals surface area (Å²) in [5.41, 5.74) is 0. The minimum Gasteiger partial charge on any atom is -0.316 e. The Bertz CT molecular complexity index is 211. The fourth-order valence-electron chi connectivity index (χ4n) is 3.87. The van der Waals surface area contributed by atoms with Crippen LogP contribution in [0, 0.1) is 11.8 Å². The average Bonchev–Trinajstić information content (AvgIpc) is 2.40. The van der Waals surface area contributed by atoms with E-state index in [1.54, 1.807) is 0 Å². The molecule has 0 aromatic rings. The summed E-state index contributed by atoms with van der Waals surface area (Å²) in [4.78, 5) is 2.69. The molecule has 100 valence electrons. The first-order chi connectivity index (χ1) is 8.31. The Hall–Kier alpha value is -0.0800. The van der Waals surface area contributed by atoms with Crippen LogP contribution in [0.1, 0.15) is 51.9 Å².